The van der Waals surface area contributed by atoms with Crippen LogP contribution < -0.4 is 0 Å². The van der Waals surface area contributed by atoms with Crippen LogP contribution in [0.4, 0.5) is 0 Å². The van der Waals surface area contributed by atoms with E-state index in [1.165, 1.54) is 404 Å². The van der Waals surface area contributed by atoms with Gasteiger partial charge >= 0.3 is 164 Å². The minimum atomic E-state index is 1.03. The van der Waals surface area contributed by atoms with Crippen molar-refractivity contribution in [3.05, 3.63) is 85.5 Å². The second-order valence-corrected chi connectivity index (χ2v) is 29.6. The van der Waals surface area contributed by atoms with Gasteiger partial charge in [0, 0.05) is 22.3 Å². The van der Waals surface area contributed by atoms with Gasteiger partial charge in [-0.25, -0.2) is 4.70 Å². The van der Waals surface area contributed by atoms with Crippen LogP contribution >= 0.6 is 0 Å². The van der Waals surface area contributed by atoms with Crippen LogP contribution in [-0.2, 0) is 27.3 Å². The Morgan fingerprint density at radius 3 is 0.728 bits per heavy atom. The van der Waals surface area contributed by atoms with Gasteiger partial charge in [-0.2, -0.15) is 0 Å². The molecule has 2 nitrogen and oxygen atoms in total. The maximum absolute atomic E-state index is 12.4. The van der Waals surface area contributed by atoms with E-state index in [1.807, 2.05) is 0 Å². The first kappa shape index (κ1) is 85.2. The minimum Gasteiger partial charge on any atom is -0.493 e. The fourth-order valence-electron chi connectivity index (χ4n) is 14.3. The van der Waals surface area contributed by atoms with Crippen molar-refractivity contribution in [3.63, 3.8) is 0 Å². The number of benzene rings is 2. The molecule has 3 heteroatoms. The van der Waals surface area contributed by atoms with E-state index in [9.17, 15) is 5.53 Å². The van der Waals surface area contributed by atoms with Crippen molar-refractivity contribution in [2.24, 2.45) is 0 Å². The second kappa shape index (κ2) is 61.7. The molecule has 0 saturated carbocycles. The SMILES string of the molecule is CCCCCCCCCCCCCCCCCCCC#[C][Ni][C]#CCCCCCCCCCCCCCCCCCCC.CCCCCCCCc1c(C)cc(C2=C(CCCCC)C(CCCCCC)=C(c3cc(C)c(CCCCCCCC)c(C)c3)[N+]2=[N-])cc1C. The predicted molar refractivity (Wildman–Crippen MR) is 409 cm³/mol. The quantitative estimate of drug-likeness (QED) is 0.0273. The van der Waals surface area contributed by atoms with Gasteiger partial charge in [-0.1, -0.05) is 241 Å². The average Bonchev–Trinajstić information content (AvgIpc) is 1.59. The number of rotatable bonds is 59. The summed E-state index contributed by atoms with van der Waals surface area (Å²) in [5.74, 6) is 6.64. The summed E-state index contributed by atoms with van der Waals surface area (Å²) in [4.78, 5) is 6.43. The molecule has 0 unspecified atom stereocenters. The Balaban J connectivity index is 0.000000633. The molecule has 3 rings (SSSR count). The van der Waals surface area contributed by atoms with E-state index >= 15 is 0 Å². The molecule has 0 saturated heterocycles. The van der Waals surface area contributed by atoms with Gasteiger partial charge in [-0.05, 0) is 137 Å². The van der Waals surface area contributed by atoms with Crippen LogP contribution in [-0.4, -0.2) is 4.70 Å². The summed E-state index contributed by atoms with van der Waals surface area (Å²) in [7, 11) is 0. The van der Waals surface area contributed by atoms with Gasteiger partial charge in [0.15, 0.2) is 0 Å². The van der Waals surface area contributed by atoms with Crippen molar-refractivity contribution < 1.29 is 19.1 Å². The Bertz CT molecular complexity index is 2200. The smallest absolute Gasteiger partial charge is 0.493 e. The second-order valence-electron chi connectivity index (χ2n) is 28.9. The zero-order valence-electron chi connectivity index (χ0n) is 63.2. The van der Waals surface area contributed by atoms with Crippen molar-refractivity contribution >= 4 is 11.4 Å². The van der Waals surface area contributed by atoms with Crippen LogP contribution in [0.15, 0.2) is 35.4 Å². The number of aryl methyl sites for hydroxylation is 4. The molecule has 2 aromatic rings. The van der Waals surface area contributed by atoms with E-state index in [0.717, 1.165) is 56.3 Å². The average molecular weight is 1310 g/mol. The van der Waals surface area contributed by atoms with Gasteiger partial charge in [-0.3, -0.25) is 0 Å². The first-order chi connectivity index (χ1) is 45.2. The fourth-order valence-corrected chi connectivity index (χ4v) is 14.8. The Morgan fingerprint density at radius 2 is 0.467 bits per heavy atom. The molecule has 0 fully saturated rings. The van der Waals surface area contributed by atoms with Crippen molar-refractivity contribution in [1.82, 2.24) is 0 Å². The topological polar surface area (TPSA) is 25.3 Å². The maximum atomic E-state index is 12.4. The third-order valence-electron chi connectivity index (χ3n) is 20.2. The molecule has 0 aromatic heterocycles. The van der Waals surface area contributed by atoms with Gasteiger partial charge in [0.2, 0.25) is 11.4 Å². The molecule has 0 radical (unpaired) electrons. The van der Waals surface area contributed by atoms with Crippen LogP contribution in [0, 0.1) is 49.3 Å². The van der Waals surface area contributed by atoms with E-state index in [4.69, 9.17) is 0 Å². The van der Waals surface area contributed by atoms with Crippen molar-refractivity contribution in [3.8, 4) is 21.6 Å². The first-order valence-corrected chi connectivity index (χ1v) is 41.9. The Hall–Kier alpha value is -2.87. The number of hydrogen-bond acceptors (Lipinski definition) is 0. The molecule has 92 heavy (non-hydrogen) atoms. The van der Waals surface area contributed by atoms with Crippen LogP contribution in [0.3, 0.4) is 0 Å². The Kier molecular flexibility index (Phi) is 57.2. The summed E-state index contributed by atoms with van der Waals surface area (Å²) in [6.45, 7) is 23.0. The van der Waals surface area contributed by atoms with Crippen LogP contribution in [0.2, 0.25) is 0 Å². The third kappa shape index (κ3) is 42.0. The van der Waals surface area contributed by atoms with Gasteiger partial charge in [0.25, 0.3) is 0 Å². The van der Waals surface area contributed by atoms with Gasteiger partial charge in [0.1, 0.15) is 0 Å². The Labute approximate surface area is 582 Å². The standard InChI is InChI=1S/C47H74N2.2C21H39.Ni/c1-9-13-17-20-22-26-28-42-36(5)32-40(33-37(42)6)46-44(30-24-16-12-4)45(31-25-19-15-11-3)47(49(46)48)41-34-38(7)43(39(8)35-41)29-27-23-21-18-14-10-2;2*1-3-5-7-9-11-13-15-17-19-21-20-18-16-14-12-10-8-6-4-2;/h32-35H,9-31H2,1-8H3;2*3,5-21H2,1H3;. The molecule has 2 aromatic carbocycles. The Morgan fingerprint density at radius 1 is 0.272 bits per heavy atom. The van der Waals surface area contributed by atoms with Crippen molar-refractivity contribution in [2.45, 2.75) is 448 Å². The molecule has 1 aliphatic rings. The molecule has 0 atom stereocenters. The summed E-state index contributed by atoms with van der Waals surface area (Å²) in [6.07, 6.45) is 79.6. The molecule has 0 spiro atoms. The van der Waals surface area contributed by atoms with Crippen LogP contribution in [0.25, 0.3) is 16.9 Å². The predicted octanol–water partition coefficient (Wildman–Crippen LogP) is 30.5. The summed E-state index contributed by atoms with van der Waals surface area (Å²) in [5, 5.41) is 0. The molecule has 0 amide bonds. The minimum absolute atomic E-state index is 1.03. The zero-order chi connectivity index (χ0) is 66.6. The molecule has 0 aliphatic carbocycles. The summed E-state index contributed by atoms with van der Waals surface area (Å²) in [5.41, 5.74) is 28.1. The first-order valence-electron chi connectivity index (χ1n) is 40.9. The van der Waals surface area contributed by atoms with Gasteiger partial charge in [0.05, 0.1) is 0 Å². The van der Waals surface area contributed by atoms with Crippen LogP contribution in [0.1, 0.15) is 452 Å². The summed E-state index contributed by atoms with van der Waals surface area (Å²) >= 11 is 1.33. The van der Waals surface area contributed by atoms with Gasteiger partial charge < -0.3 is 5.53 Å². The number of unbranched alkanes of at least 4 members (excludes halogenated alkanes) is 49. The molecule has 1 aliphatic heterocycles. The van der Waals surface area contributed by atoms with Crippen molar-refractivity contribution in [1.29, 1.82) is 0 Å². The fraction of sp³-hybridized carbons (Fsp3) is 0.775. The normalized spacial score (nSPS) is 12.3. The van der Waals surface area contributed by atoms with E-state index < -0.39 is 0 Å². The van der Waals surface area contributed by atoms with Gasteiger partial charge in [-0.15, -0.1) is 0 Å². The van der Waals surface area contributed by atoms with E-state index in [2.05, 4.69) is 115 Å². The molecular weight excluding hydrogens is 1160 g/mol. The molecule has 1 heterocycles. The number of hydrogen-bond donors (Lipinski definition) is 0. The van der Waals surface area contributed by atoms with Crippen LogP contribution in [0.5, 0.6) is 0 Å². The molecule has 0 N–H and O–H groups in total. The summed E-state index contributed by atoms with van der Waals surface area (Å²) < 4.78 is 1.62. The van der Waals surface area contributed by atoms with E-state index in [-0.39, 0.29) is 0 Å². The number of allylic oxidation sites excluding steroid dienone is 2. The third-order valence-corrected chi connectivity index (χ3v) is 20.8. The summed E-state index contributed by atoms with van der Waals surface area (Å²) in [6, 6.07) is 9.54. The molecule has 0 bridgehead atoms. The monoisotopic (exact) mass is 1310 g/mol. The molecular formula is C89H152N2Ni. The molecule has 528 valence electrons. The van der Waals surface area contributed by atoms with E-state index in [1.54, 1.807) is 4.70 Å². The number of nitrogens with zero attached hydrogens (tertiary/aromatic N) is 2. The van der Waals surface area contributed by atoms with E-state index in [0.29, 0.717) is 0 Å². The van der Waals surface area contributed by atoms with Crippen molar-refractivity contribution in [2.75, 3.05) is 0 Å². The zero-order valence-corrected chi connectivity index (χ0v) is 64.2.